The van der Waals surface area contributed by atoms with E-state index in [1.54, 1.807) is 11.3 Å². The van der Waals surface area contributed by atoms with E-state index in [2.05, 4.69) is 62.4 Å². The molecule has 1 unspecified atom stereocenters. The fraction of sp³-hybridized carbons (Fsp3) is 0.176. The average Bonchev–Trinajstić information content (AvgIpc) is 2.77. The number of thiophene rings is 1. The van der Waals surface area contributed by atoms with Crippen molar-refractivity contribution in [3.8, 4) is 0 Å². The molecule has 2 aromatic carbocycles. The van der Waals surface area contributed by atoms with Crippen molar-refractivity contribution in [2.24, 2.45) is 0 Å². The molecule has 19 heavy (non-hydrogen) atoms. The quantitative estimate of drug-likeness (QED) is 0.519. The first-order chi connectivity index (χ1) is 9.16. The summed E-state index contributed by atoms with van der Waals surface area (Å²) >= 11 is 8.50. The summed E-state index contributed by atoms with van der Waals surface area (Å²) in [4.78, 5) is 2.58. The van der Waals surface area contributed by atoms with Crippen molar-refractivity contribution in [3.63, 3.8) is 0 Å². The van der Waals surface area contributed by atoms with Crippen LogP contribution in [0.2, 0.25) is 0 Å². The third-order valence-corrected chi connectivity index (χ3v) is 5.35. The summed E-state index contributed by atoms with van der Waals surface area (Å²) in [6, 6.07) is 17.0. The maximum atomic E-state index is 6.71. The minimum absolute atomic E-state index is 0.0662. The van der Waals surface area contributed by atoms with Crippen LogP contribution in [0.15, 0.2) is 48.5 Å². The molecule has 0 aliphatic rings. The maximum Gasteiger partial charge on any atom is 0.0933 e. The van der Waals surface area contributed by atoms with Gasteiger partial charge in [-0.3, -0.25) is 0 Å². The number of halogens is 1. The van der Waals surface area contributed by atoms with Crippen LogP contribution in [0.4, 0.5) is 0 Å². The number of rotatable bonds is 2. The maximum absolute atomic E-state index is 6.71. The Labute approximate surface area is 122 Å². The molecule has 1 atom stereocenters. The molecule has 1 aromatic heterocycles. The summed E-state index contributed by atoms with van der Waals surface area (Å²) in [5.41, 5.74) is 2.52. The van der Waals surface area contributed by atoms with E-state index in [-0.39, 0.29) is 5.38 Å². The van der Waals surface area contributed by atoms with Gasteiger partial charge in [-0.2, -0.15) is 0 Å². The van der Waals surface area contributed by atoms with Gasteiger partial charge in [0.15, 0.2) is 0 Å². The lowest BCUT2D eigenvalue weighted by Gasteiger charge is -2.11. The van der Waals surface area contributed by atoms with E-state index in [0.717, 1.165) is 0 Å². The molecular weight excluding hydrogens is 272 g/mol. The number of hydrogen-bond acceptors (Lipinski definition) is 1. The molecule has 3 rings (SSSR count). The van der Waals surface area contributed by atoms with Crippen molar-refractivity contribution in [1.29, 1.82) is 0 Å². The van der Waals surface area contributed by atoms with Gasteiger partial charge >= 0.3 is 0 Å². The summed E-state index contributed by atoms with van der Waals surface area (Å²) in [6.45, 7) is 4.29. The summed E-state index contributed by atoms with van der Waals surface area (Å²) in [5.74, 6) is 0. The molecule has 0 nitrogen and oxygen atoms in total. The number of fused-ring (bicyclic) bond motifs is 1. The van der Waals surface area contributed by atoms with Gasteiger partial charge in [-0.1, -0.05) is 42.5 Å². The van der Waals surface area contributed by atoms with Crippen molar-refractivity contribution in [3.05, 3.63) is 69.4 Å². The predicted octanol–water partition coefficient (Wildman–Crippen LogP) is 5.85. The number of alkyl halides is 1. The van der Waals surface area contributed by atoms with Gasteiger partial charge in [0, 0.05) is 9.75 Å². The van der Waals surface area contributed by atoms with E-state index in [1.807, 2.05) is 0 Å². The first-order valence-electron chi connectivity index (χ1n) is 6.35. The fourth-order valence-electron chi connectivity index (χ4n) is 2.35. The third-order valence-electron chi connectivity index (χ3n) is 3.53. The largest absolute Gasteiger partial charge is 0.143 e. The van der Waals surface area contributed by atoms with Crippen LogP contribution in [-0.2, 0) is 0 Å². The van der Waals surface area contributed by atoms with Crippen molar-refractivity contribution in [2.45, 2.75) is 19.2 Å². The first-order valence-corrected chi connectivity index (χ1v) is 7.61. The smallest absolute Gasteiger partial charge is 0.0933 e. The molecule has 1 heterocycles. The monoisotopic (exact) mass is 286 g/mol. The normalized spacial score (nSPS) is 12.8. The Hall–Kier alpha value is -1.31. The van der Waals surface area contributed by atoms with Gasteiger partial charge in [0.25, 0.3) is 0 Å². The van der Waals surface area contributed by atoms with Crippen molar-refractivity contribution in [2.75, 3.05) is 0 Å². The lowest BCUT2D eigenvalue weighted by molar-refractivity contribution is 1.20. The van der Waals surface area contributed by atoms with Gasteiger partial charge in [0.05, 0.1) is 5.38 Å². The Bertz CT molecular complexity index is 702. The van der Waals surface area contributed by atoms with E-state index in [0.29, 0.717) is 0 Å². The van der Waals surface area contributed by atoms with Gasteiger partial charge in [0.1, 0.15) is 0 Å². The van der Waals surface area contributed by atoms with E-state index >= 15 is 0 Å². The zero-order valence-corrected chi connectivity index (χ0v) is 12.6. The topological polar surface area (TPSA) is 0 Å². The zero-order chi connectivity index (χ0) is 13.4. The van der Waals surface area contributed by atoms with E-state index in [9.17, 15) is 0 Å². The zero-order valence-electron chi connectivity index (χ0n) is 11.0. The molecule has 0 N–H and O–H groups in total. The first kappa shape index (κ1) is 12.7. The highest BCUT2D eigenvalue weighted by Crippen LogP contribution is 2.38. The second kappa shape index (κ2) is 4.99. The van der Waals surface area contributed by atoms with Crippen LogP contribution in [0.5, 0.6) is 0 Å². The molecule has 0 amide bonds. The lowest BCUT2D eigenvalue weighted by Crippen LogP contribution is -1.91. The molecule has 0 aliphatic carbocycles. The highest BCUT2D eigenvalue weighted by atomic mass is 35.5. The van der Waals surface area contributed by atoms with E-state index in [4.69, 9.17) is 11.6 Å². The van der Waals surface area contributed by atoms with E-state index in [1.165, 1.54) is 31.7 Å². The molecule has 3 aromatic rings. The second-order valence-electron chi connectivity index (χ2n) is 4.82. The molecule has 0 spiro atoms. The molecular formula is C17H15ClS. The lowest BCUT2D eigenvalue weighted by atomic mass is 10.0. The van der Waals surface area contributed by atoms with Crippen molar-refractivity contribution < 1.29 is 0 Å². The molecule has 0 saturated carbocycles. The SMILES string of the molecule is Cc1cc(C(Cl)c2cccc3ccccc23)sc1C. The summed E-state index contributed by atoms with van der Waals surface area (Å²) in [6.07, 6.45) is 0. The van der Waals surface area contributed by atoms with Crippen LogP contribution in [0.25, 0.3) is 10.8 Å². The molecule has 0 aliphatic heterocycles. The average molecular weight is 287 g/mol. The summed E-state index contributed by atoms with van der Waals surface area (Å²) in [7, 11) is 0. The van der Waals surface area contributed by atoms with Gasteiger partial charge in [-0.25, -0.2) is 0 Å². The third kappa shape index (κ3) is 2.29. The van der Waals surface area contributed by atoms with Gasteiger partial charge in [-0.15, -0.1) is 22.9 Å². The molecule has 96 valence electrons. The Morgan fingerprint density at radius 3 is 2.47 bits per heavy atom. The molecule has 0 fully saturated rings. The number of benzene rings is 2. The standard InChI is InChI=1S/C17H15ClS/c1-11-10-16(19-12(11)2)17(18)15-9-5-7-13-6-3-4-8-14(13)15/h3-10,17H,1-2H3. The van der Waals surface area contributed by atoms with Gasteiger partial charge in [0.2, 0.25) is 0 Å². The minimum atomic E-state index is -0.0662. The van der Waals surface area contributed by atoms with Crippen LogP contribution < -0.4 is 0 Å². The van der Waals surface area contributed by atoms with Crippen molar-refractivity contribution >= 4 is 33.7 Å². The number of hydrogen-bond donors (Lipinski definition) is 0. The minimum Gasteiger partial charge on any atom is -0.143 e. The molecule has 0 radical (unpaired) electrons. The van der Waals surface area contributed by atoms with Crippen LogP contribution in [0, 0.1) is 13.8 Å². The van der Waals surface area contributed by atoms with E-state index < -0.39 is 0 Å². The molecule has 0 bridgehead atoms. The highest BCUT2D eigenvalue weighted by Gasteiger charge is 2.16. The van der Waals surface area contributed by atoms with Crippen LogP contribution in [0.3, 0.4) is 0 Å². The number of aryl methyl sites for hydroxylation is 2. The molecule has 2 heteroatoms. The van der Waals surface area contributed by atoms with Gasteiger partial charge in [-0.05, 0) is 41.8 Å². The predicted molar refractivity (Wildman–Crippen MR) is 85.4 cm³/mol. The van der Waals surface area contributed by atoms with Gasteiger partial charge < -0.3 is 0 Å². The summed E-state index contributed by atoms with van der Waals surface area (Å²) in [5, 5.41) is 2.42. The summed E-state index contributed by atoms with van der Waals surface area (Å²) < 4.78 is 0. The van der Waals surface area contributed by atoms with Crippen LogP contribution in [0.1, 0.15) is 26.3 Å². The Kier molecular flexibility index (Phi) is 3.34. The highest BCUT2D eigenvalue weighted by molar-refractivity contribution is 7.12. The van der Waals surface area contributed by atoms with Crippen LogP contribution >= 0.6 is 22.9 Å². The van der Waals surface area contributed by atoms with Crippen molar-refractivity contribution in [1.82, 2.24) is 0 Å². The second-order valence-corrected chi connectivity index (χ2v) is 6.54. The Morgan fingerprint density at radius 1 is 1.00 bits per heavy atom. The Balaban J connectivity index is 2.13. The Morgan fingerprint density at radius 2 is 1.74 bits per heavy atom. The fourth-order valence-corrected chi connectivity index (χ4v) is 3.78. The molecule has 0 saturated heterocycles. The van der Waals surface area contributed by atoms with Crippen LogP contribution in [-0.4, -0.2) is 0 Å².